The third-order valence-electron chi connectivity index (χ3n) is 2.46. The van der Waals surface area contributed by atoms with Gasteiger partial charge in [0.15, 0.2) is 0 Å². The summed E-state index contributed by atoms with van der Waals surface area (Å²) < 4.78 is 10.5. The Morgan fingerprint density at radius 2 is 2.06 bits per heavy atom. The minimum absolute atomic E-state index is 0.344. The predicted octanol–water partition coefficient (Wildman–Crippen LogP) is 2.54. The first-order chi connectivity index (χ1) is 8.26. The van der Waals surface area contributed by atoms with E-state index in [1.807, 2.05) is 24.3 Å². The molecule has 0 aliphatic heterocycles. The molecule has 0 spiro atoms. The molecule has 1 aromatic rings. The van der Waals surface area contributed by atoms with Gasteiger partial charge in [0.1, 0.15) is 5.75 Å². The Labute approximate surface area is 103 Å². The Kier molecular flexibility index (Phi) is 6.37. The van der Waals surface area contributed by atoms with Gasteiger partial charge in [-0.15, -0.1) is 6.58 Å². The van der Waals surface area contributed by atoms with Crippen molar-refractivity contribution in [3.8, 4) is 5.75 Å². The van der Waals surface area contributed by atoms with Crippen LogP contribution in [0.3, 0.4) is 0 Å². The summed E-state index contributed by atoms with van der Waals surface area (Å²) in [6.45, 7) is 4.70. The van der Waals surface area contributed by atoms with Crippen molar-refractivity contribution in [2.45, 2.75) is 25.6 Å². The number of aliphatic hydroxyl groups excluding tert-OH is 1. The van der Waals surface area contributed by atoms with Crippen LogP contribution in [-0.2, 0) is 11.3 Å². The molecule has 0 amide bonds. The van der Waals surface area contributed by atoms with Gasteiger partial charge in [-0.2, -0.15) is 0 Å². The van der Waals surface area contributed by atoms with Crippen LogP contribution in [0.15, 0.2) is 36.9 Å². The summed E-state index contributed by atoms with van der Waals surface area (Å²) in [6.07, 6.45) is 2.63. The van der Waals surface area contributed by atoms with Crippen LogP contribution in [-0.4, -0.2) is 24.9 Å². The van der Waals surface area contributed by atoms with Crippen LogP contribution in [0.5, 0.6) is 5.75 Å². The molecule has 94 valence electrons. The summed E-state index contributed by atoms with van der Waals surface area (Å²) in [5.74, 6) is 0.843. The maximum Gasteiger partial charge on any atom is 0.118 e. The first kappa shape index (κ1) is 13.7. The minimum Gasteiger partial charge on any atom is -0.497 e. The molecule has 17 heavy (non-hydrogen) atoms. The predicted molar refractivity (Wildman–Crippen MR) is 68.1 cm³/mol. The highest BCUT2D eigenvalue weighted by atomic mass is 16.5. The van der Waals surface area contributed by atoms with Gasteiger partial charge in [0.2, 0.25) is 0 Å². The first-order valence-corrected chi connectivity index (χ1v) is 5.76. The van der Waals surface area contributed by atoms with Crippen LogP contribution in [0.2, 0.25) is 0 Å². The monoisotopic (exact) mass is 236 g/mol. The quantitative estimate of drug-likeness (QED) is 0.557. The third kappa shape index (κ3) is 5.52. The summed E-state index contributed by atoms with van der Waals surface area (Å²) >= 11 is 0. The lowest BCUT2D eigenvalue weighted by atomic mass is 10.2. The largest absolute Gasteiger partial charge is 0.497 e. The van der Waals surface area contributed by atoms with E-state index in [1.54, 1.807) is 13.2 Å². The van der Waals surface area contributed by atoms with Gasteiger partial charge in [0.05, 0.1) is 19.8 Å². The van der Waals surface area contributed by atoms with Crippen molar-refractivity contribution in [1.82, 2.24) is 0 Å². The number of ether oxygens (including phenoxy) is 2. The summed E-state index contributed by atoms with van der Waals surface area (Å²) in [4.78, 5) is 0. The van der Waals surface area contributed by atoms with Crippen molar-refractivity contribution in [1.29, 1.82) is 0 Å². The highest BCUT2D eigenvalue weighted by Crippen LogP contribution is 2.12. The number of hydrogen-bond donors (Lipinski definition) is 1. The van der Waals surface area contributed by atoms with Gasteiger partial charge in [0.25, 0.3) is 0 Å². The second kappa shape index (κ2) is 7.87. The fourth-order valence-corrected chi connectivity index (χ4v) is 1.44. The molecule has 0 unspecified atom stereocenters. The van der Waals surface area contributed by atoms with E-state index in [1.165, 1.54) is 0 Å². The molecule has 3 nitrogen and oxygen atoms in total. The number of hydrogen-bond acceptors (Lipinski definition) is 3. The third-order valence-corrected chi connectivity index (χ3v) is 2.46. The van der Waals surface area contributed by atoms with E-state index < -0.39 is 0 Å². The smallest absolute Gasteiger partial charge is 0.118 e. The standard InChI is InChI=1S/C14H20O3/c1-3-4-13(15)9-10-17-11-12-5-7-14(16-2)8-6-12/h3,5-8,13,15H,1,4,9-11H2,2H3/t13-/m1/s1. The van der Waals surface area contributed by atoms with E-state index >= 15 is 0 Å². The van der Waals surface area contributed by atoms with Crippen LogP contribution < -0.4 is 4.74 Å². The molecule has 0 radical (unpaired) electrons. The van der Waals surface area contributed by atoms with E-state index in [0.29, 0.717) is 26.1 Å². The van der Waals surface area contributed by atoms with Gasteiger partial charge in [-0.1, -0.05) is 18.2 Å². The molecular formula is C14H20O3. The van der Waals surface area contributed by atoms with Crippen LogP contribution in [0.25, 0.3) is 0 Å². The number of rotatable bonds is 8. The highest BCUT2D eigenvalue weighted by Gasteiger charge is 2.01. The Morgan fingerprint density at radius 1 is 1.35 bits per heavy atom. The lowest BCUT2D eigenvalue weighted by Gasteiger charge is -2.08. The Hall–Kier alpha value is -1.32. The molecule has 1 N–H and O–H groups in total. The average molecular weight is 236 g/mol. The molecule has 1 atom stereocenters. The Morgan fingerprint density at radius 3 is 2.65 bits per heavy atom. The summed E-state index contributed by atoms with van der Waals surface area (Å²) in [7, 11) is 1.65. The molecule has 0 fully saturated rings. The number of methoxy groups -OCH3 is 1. The molecule has 1 rings (SSSR count). The van der Waals surface area contributed by atoms with Gasteiger partial charge in [-0.05, 0) is 30.5 Å². The summed E-state index contributed by atoms with van der Waals surface area (Å²) in [5, 5.41) is 9.45. The zero-order valence-electron chi connectivity index (χ0n) is 10.3. The molecular weight excluding hydrogens is 216 g/mol. The molecule has 0 saturated carbocycles. The van der Waals surface area contributed by atoms with Gasteiger partial charge in [0, 0.05) is 6.61 Å². The van der Waals surface area contributed by atoms with E-state index in [-0.39, 0.29) is 6.10 Å². The molecule has 0 saturated heterocycles. The molecule has 0 heterocycles. The van der Waals surface area contributed by atoms with Gasteiger partial charge in [-0.25, -0.2) is 0 Å². The van der Waals surface area contributed by atoms with Crippen molar-refractivity contribution in [3.05, 3.63) is 42.5 Å². The molecule has 0 aliphatic rings. The fraction of sp³-hybridized carbons (Fsp3) is 0.429. The minimum atomic E-state index is -0.344. The fourth-order valence-electron chi connectivity index (χ4n) is 1.44. The summed E-state index contributed by atoms with van der Waals surface area (Å²) in [5.41, 5.74) is 1.10. The molecule has 0 aromatic heterocycles. The average Bonchev–Trinajstić information content (AvgIpc) is 2.36. The molecule has 0 bridgehead atoms. The first-order valence-electron chi connectivity index (χ1n) is 5.76. The van der Waals surface area contributed by atoms with Crippen molar-refractivity contribution in [3.63, 3.8) is 0 Å². The zero-order chi connectivity index (χ0) is 12.5. The van der Waals surface area contributed by atoms with E-state index in [0.717, 1.165) is 11.3 Å². The van der Waals surface area contributed by atoms with Gasteiger partial charge >= 0.3 is 0 Å². The Bertz CT molecular complexity index is 319. The SMILES string of the molecule is C=CC[C@@H](O)CCOCc1ccc(OC)cc1. The van der Waals surface area contributed by atoms with Crippen molar-refractivity contribution >= 4 is 0 Å². The van der Waals surface area contributed by atoms with Crippen molar-refractivity contribution in [2.24, 2.45) is 0 Å². The number of benzene rings is 1. The zero-order valence-corrected chi connectivity index (χ0v) is 10.3. The van der Waals surface area contributed by atoms with Crippen LogP contribution in [0.1, 0.15) is 18.4 Å². The van der Waals surface area contributed by atoms with E-state index in [2.05, 4.69) is 6.58 Å². The molecule has 3 heteroatoms. The number of aliphatic hydroxyl groups is 1. The topological polar surface area (TPSA) is 38.7 Å². The maximum absolute atomic E-state index is 9.45. The lowest BCUT2D eigenvalue weighted by Crippen LogP contribution is -2.09. The second-order valence-corrected chi connectivity index (χ2v) is 3.87. The van der Waals surface area contributed by atoms with Crippen LogP contribution in [0, 0.1) is 0 Å². The molecule has 1 aromatic carbocycles. The van der Waals surface area contributed by atoms with Crippen LogP contribution >= 0.6 is 0 Å². The van der Waals surface area contributed by atoms with Crippen molar-refractivity contribution < 1.29 is 14.6 Å². The van der Waals surface area contributed by atoms with E-state index in [9.17, 15) is 5.11 Å². The summed E-state index contributed by atoms with van der Waals surface area (Å²) in [6, 6.07) is 7.76. The van der Waals surface area contributed by atoms with Crippen molar-refractivity contribution in [2.75, 3.05) is 13.7 Å². The van der Waals surface area contributed by atoms with Gasteiger partial charge < -0.3 is 14.6 Å². The normalized spacial score (nSPS) is 12.1. The molecule has 0 aliphatic carbocycles. The van der Waals surface area contributed by atoms with E-state index in [4.69, 9.17) is 9.47 Å². The Balaban J connectivity index is 2.19. The lowest BCUT2D eigenvalue weighted by molar-refractivity contribution is 0.0746. The highest BCUT2D eigenvalue weighted by molar-refractivity contribution is 5.26. The maximum atomic E-state index is 9.45. The second-order valence-electron chi connectivity index (χ2n) is 3.87. The van der Waals surface area contributed by atoms with Crippen LogP contribution in [0.4, 0.5) is 0 Å². The van der Waals surface area contributed by atoms with Gasteiger partial charge in [-0.3, -0.25) is 0 Å².